The highest BCUT2D eigenvalue weighted by molar-refractivity contribution is 7.15. The third-order valence-electron chi connectivity index (χ3n) is 3.44. The minimum atomic E-state index is -2.03. The largest absolute Gasteiger partial charge is 0.479 e. The summed E-state index contributed by atoms with van der Waals surface area (Å²) in [6.07, 6.45) is 2.29. The lowest BCUT2D eigenvalue weighted by Gasteiger charge is -2.18. The minimum Gasteiger partial charge on any atom is -0.479 e. The van der Waals surface area contributed by atoms with Crippen LogP contribution in [0.15, 0.2) is 24.4 Å². The van der Waals surface area contributed by atoms with Crippen molar-refractivity contribution in [1.29, 1.82) is 0 Å². The lowest BCUT2D eigenvalue weighted by molar-refractivity contribution is -0.155. The van der Waals surface area contributed by atoms with Crippen molar-refractivity contribution in [1.82, 2.24) is 10.3 Å². The molecule has 25 heavy (non-hydrogen) atoms. The fourth-order valence-corrected chi connectivity index (χ4v) is 2.91. The number of aryl methyl sites for hydroxylation is 1. The number of thiazole rings is 1. The Labute approximate surface area is 153 Å². The first-order valence-electron chi connectivity index (χ1n) is 7.38. The second-order valence-corrected chi connectivity index (χ2v) is 7.30. The van der Waals surface area contributed by atoms with Crippen molar-refractivity contribution < 1.29 is 19.8 Å². The average molecular weight is 384 g/mol. The van der Waals surface area contributed by atoms with E-state index in [0.29, 0.717) is 16.6 Å². The van der Waals surface area contributed by atoms with Crippen LogP contribution in [0, 0.1) is 6.92 Å². The molecule has 1 unspecified atom stereocenters. The molecular weight excluding hydrogens is 366 g/mol. The van der Waals surface area contributed by atoms with Crippen molar-refractivity contribution in [3.8, 4) is 0 Å². The second kappa shape index (κ2) is 7.81. The molecule has 0 aliphatic carbocycles. The normalized spacial score (nSPS) is 13.1. The van der Waals surface area contributed by atoms with E-state index in [2.05, 4.69) is 15.6 Å². The summed E-state index contributed by atoms with van der Waals surface area (Å²) >= 11 is 7.41. The Morgan fingerprint density at radius 1 is 1.40 bits per heavy atom. The molecule has 0 radical (unpaired) electrons. The van der Waals surface area contributed by atoms with E-state index in [1.807, 2.05) is 25.1 Å². The summed E-state index contributed by atoms with van der Waals surface area (Å²) in [5, 5.41) is 24.2. The van der Waals surface area contributed by atoms with Gasteiger partial charge in [0.15, 0.2) is 10.7 Å². The summed E-state index contributed by atoms with van der Waals surface area (Å²) in [5.74, 6) is -1.42. The Morgan fingerprint density at radius 2 is 2.12 bits per heavy atom. The number of hydrogen-bond donors (Lipinski definition) is 4. The van der Waals surface area contributed by atoms with Gasteiger partial charge in [-0.25, -0.2) is 14.6 Å². The van der Waals surface area contributed by atoms with Crippen LogP contribution in [0.25, 0.3) is 0 Å². The molecular formula is C16H18ClN3O4S. The molecule has 0 saturated heterocycles. The van der Waals surface area contributed by atoms with E-state index in [1.165, 1.54) is 11.3 Å². The number of anilines is 1. The number of carboxylic acid groups (broad SMARTS) is 1. The number of hydrogen-bond acceptors (Lipinski definition) is 5. The topological polar surface area (TPSA) is 112 Å². The Kier molecular flexibility index (Phi) is 5.99. The van der Waals surface area contributed by atoms with Crippen LogP contribution in [0.1, 0.15) is 22.9 Å². The highest BCUT2D eigenvalue weighted by Gasteiger charge is 2.30. The van der Waals surface area contributed by atoms with Gasteiger partial charge < -0.3 is 15.5 Å². The van der Waals surface area contributed by atoms with Crippen molar-refractivity contribution in [2.24, 2.45) is 0 Å². The summed E-state index contributed by atoms with van der Waals surface area (Å²) in [4.78, 5) is 27.6. The monoisotopic (exact) mass is 383 g/mol. The molecule has 2 amide bonds. The highest BCUT2D eigenvalue weighted by Crippen LogP contribution is 2.23. The van der Waals surface area contributed by atoms with Gasteiger partial charge in [-0.15, -0.1) is 11.3 Å². The van der Waals surface area contributed by atoms with Crippen molar-refractivity contribution in [3.05, 3.63) is 45.4 Å². The molecule has 1 atom stereocenters. The number of urea groups is 1. The van der Waals surface area contributed by atoms with Crippen LogP contribution in [0.2, 0.25) is 5.02 Å². The van der Waals surface area contributed by atoms with Crippen LogP contribution >= 0.6 is 22.9 Å². The number of amides is 2. The number of carbonyl (C=O) groups excluding carboxylic acids is 1. The summed E-state index contributed by atoms with van der Waals surface area (Å²) in [6.45, 7) is 2.61. The molecule has 134 valence electrons. The molecule has 9 heteroatoms. The highest BCUT2D eigenvalue weighted by atomic mass is 35.5. The van der Waals surface area contributed by atoms with Crippen LogP contribution in [-0.4, -0.2) is 39.3 Å². The third kappa shape index (κ3) is 5.42. The minimum absolute atomic E-state index is 0.376. The van der Waals surface area contributed by atoms with Gasteiger partial charge in [-0.1, -0.05) is 23.7 Å². The quantitative estimate of drug-likeness (QED) is 0.612. The maximum absolute atomic E-state index is 11.8. The fourth-order valence-electron chi connectivity index (χ4n) is 1.86. The first-order valence-corrected chi connectivity index (χ1v) is 8.57. The van der Waals surface area contributed by atoms with Crippen LogP contribution < -0.4 is 10.6 Å². The van der Waals surface area contributed by atoms with E-state index in [0.717, 1.165) is 22.9 Å². The molecule has 1 aromatic heterocycles. The Morgan fingerprint density at radius 3 is 2.76 bits per heavy atom. The zero-order valence-corrected chi connectivity index (χ0v) is 15.2. The summed E-state index contributed by atoms with van der Waals surface area (Å²) in [6, 6.07) is 5.18. The molecule has 0 spiro atoms. The van der Waals surface area contributed by atoms with E-state index < -0.39 is 24.1 Å². The first-order chi connectivity index (χ1) is 11.7. The predicted octanol–water partition coefficient (Wildman–Crippen LogP) is 2.65. The van der Waals surface area contributed by atoms with Crippen molar-refractivity contribution in [2.45, 2.75) is 25.9 Å². The maximum atomic E-state index is 11.8. The van der Waals surface area contributed by atoms with Gasteiger partial charge in [-0.2, -0.15) is 0 Å². The lowest BCUT2D eigenvalue weighted by atomic mass is 10.1. The van der Waals surface area contributed by atoms with E-state index in [4.69, 9.17) is 16.7 Å². The number of aliphatic hydroxyl groups is 1. The van der Waals surface area contributed by atoms with Crippen LogP contribution in [0.5, 0.6) is 0 Å². The van der Waals surface area contributed by atoms with Gasteiger partial charge in [0.25, 0.3) is 0 Å². The number of benzene rings is 1. The number of nitrogens with one attached hydrogen (secondary N) is 2. The van der Waals surface area contributed by atoms with Gasteiger partial charge in [-0.05, 0) is 31.0 Å². The molecule has 4 N–H and O–H groups in total. The number of halogens is 1. The predicted molar refractivity (Wildman–Crippen MR) is 96.4 cm³/mol. The molecule has 0 aliphatic heterocycles. The molecule has 7 nitrogen and oxygen atoms in total. The fraction of sp³-hybridized carbons (Fsp3) is 0.312. The maximum Gasteiger partial charge on any atom is 0.337 e. The van der Waals surface area contributed by atoms with Gasteiger partial charge in [0.1, 0.15) is 0 Å². The Bertz CT molecular complexity index is 791. The average Bonchev–Trinajstić information content (AvgIpc) is 2.96. The number of aliphatic carboxylic acids is 1. The van der Waals surface area contributed by atoms with Crippen molar-refractivity contribution >= 4 is 40.1 Å². The van der Waals surface area contributed by atoms with Crippen LogP contribution in [0.4, 0.5) is 9.93 Å². The number of nitrogens with zero attached hydrogens (tertiary/aromatic N) is 1. The van der Waals surface area contributed by atoms with E-state index in [9.17, 15) is 14.7 Å². The van der Waals surface area contributed by atoms with Crippen LogP contribution in [-0.2, 0) is 11.2 Å². The van der Waals surface area contributed by atoms with E-state index in [-0.39, 0.29) is 0 Å². The summed E-state index contributed by atoms with van der Waals surface area (Å²) < 4.78 is 0. The van der Waals surface area contributed by atoms with E-state index >= 15 is 0 Å². The summed E-state index contributed by atoms with van der Waals surface area (Å²) in [5.41, 5.74) is 0.00885. The van der Waals surface area contributed by atoms with Gasteiger partial charge in [0, 0.05) is 22.5 Å². The molecule has 2 rings (SSSR count). The van der Waals surface area contributed by atoms with Gasteiger partial charge in [-0.3, -0.25) is 5.32 Å². The van der Waals surface area contributed by atoms with Crippen molar-refractivity contribution in [2.75, 3.05) is 11.9 Å². The molecule has 0 fully saturated rings. The number of carbonyl (C=O) groups is 2. The van der Waals surface area contributed by atoms with Crippen molar-refractivity contribution in [3.63, 3.8) is 0 Å². The second-order valence-electron chi connectivity index (χ2n) is 5.78. The molecule has 1 heterocycles. The van der Waals surface area contributed by atoms with Gasteiger partial charge >= 0.3 is 12.0 Å². The molecule has 0 aliphatic rings. The molecule has 0 saturated carbocycles. The zero-order chi connectivity index (χ0) is 18.6. The number of aromatic nitrogens is 1. The van der Waals surface area contributed by atoms with Crippen LogP contribution in [0.3, 0.4) is 0 Å². The van der Waals surface area contributed by atoms with Gasteiger partial charge in [0.2, 0.25) is 0 Å². The lowest BCUT2D eigenvalue weighted by Crippen LogP contribution is -2.47. The zero-order valence-electron chi connectivity index (χ0n) is 13.7. The Hall–Kier alpha value is -2.16. The van der Waals surface area contributed by atoms with E-state index in [1.54, 1.807) is 6.20 Å². The standard InChI is InChI=1S/C16H18ClN3O4S/c1-9-3-4-10(6-12(9)17)5-11-7-18-15(25-11)20-14(23)19-8-16(2,24)13(21)22/h3-4,6-7,24H,5,8H2,1-2H3,(H,21,22)(H2,18,19,20,23). The number of rotatable bonds is 6. The summed E-state index contributed by atoms with van der Waals surface area (Å²) in [7, 11) is 0. The molecule has 2 aromatic rings. The third-order valence-corrected chi connectivity index (χ3v) is 4.76. The first kappa shape index (κ1) is 19.2. The van der Waals surface area contributed by atoms with Gasteiger partial charge in [0.05, 0.1) is 6.54 Å². The molecule has 0 bridgehead atoms. The Balaban J connectivity index is 1.91. The molecule has 1 aromatic carbocycles. The SMILES string of the molecule is Cc1ccc(Cc2cnc(NC(=O)NCC(C)(O)C(=O)O)s2)cc1Cl. The number of carboxylic acids is 1. The smallest absolute Gasteiger partial charge is 0.337 e.